The largest absolute Gasteiger partial charge is 0.503 e. The maximum absolute atomic E-state index is 11.1. The van der Waals surface area contributed by atoms with E-state index in [0.29, 0.717) is 15.8 Å². The summed E-state index contributed by atoms with van der Waals surface area (Å²) < 4.78 is 10.0. The van der Waals surface area contributed by atoms with Gasteiger partial charge in [-0.2, -0.15) is 0 Å². The molecule has 7 heteroatoms. The lowest BCUT2D eigenvalue weighted by Crippen LogP contribution is -2.16. The molecule has 5 nitrogen and oxygen atoms in total. The minimum atomic E-state index is -0.506. The van der Waals surface area contributed by atoms with E-state index in [2.05, 4.69) is 20.7 Å². The van der Waals surface area contributed by atoms with Gasteiger partial charge >= 0.3 is 5.97 Å². The van der Waals surface area contributed by atoms with Gasteiger partial charge in [-0.05, 0) is 33.6 Å². The third-order valence-electron chi connectivity index (χ3n) is 2.31. The molecule has 0 heterocycles. The van der Waals surface area contributed by atoms with E-state index < -0.39 is 6.04 Å². The van der Waals surface area contributed by atoms with E-state index in [-0.39, 0.29) is 30.5 Å². The number of rotatable bonds is 4. The number of hydrogen-bond acceptors (Lipinski definition) is 5. The Balaban J connectivity index is 0.00000289. The van der Waals surface area contributed by atoms with Crippen molar-refractivity contribution in [3.63, 3.8) is 0 Å². The number of hydrogen-bond donors (Lipinski definition) is 2. The molecule has 0 fully saturated rings. The molecule has 1 aromatic rings. The van der Waals surface area contributed by atoms with Gasteiger partial charge in [-0.3, -0.25) is 4.79 Å². The van der Waals surface area contributed by atoms with Crippen LogP contribution in [0.25, 0.3) is 0 Å². The van der Waals surface area contributed by atoms with Crippen LogP contribution >= 0.6 is 28.3 Å². The van der Waals surface area contributed by atoms with Crippen LogP contribution in [0.3, 0.4) is 0 Å². The summed E-state index contributed by atoms with van der Waals surface area (Å²) in [4.78, 5) is 11.1. The first kappa shape index (κ1) is 17.0. The third kappa shape index (κ3) is 4.04. The van der Waals surface area contributed by atoms with Gasteiger partial charge in [0.1, 0.15) is 0 Å². The molecule has 0 aromatic heterocycles. The lowest BCUT2D eigenvalue weighted by molar-refractivity contribution is -0.141. The standard InChI is InChI=1S/C11H14BrNO4.ClH/c1-16-9-4-6(3-7(12)11(9)15)8(13)5-10(14)17-2;/h3-4,8,15H,5,13H2,1-2H3;1H/t8-;/m1./s1. The summed E-state index contributed by atoms with van der Waals surface area (Å²) in [6.07, 6.45) is 0.0663. The monoisotopic (exact) mass is 339 g/mol. The van der Waals surface area contributed by atoms with Gasteiger partial charge in [0, 0.05) is 6.04 Å². The molecule has 0 aliphatic rings. The molecule has 0 amide bonds. The molecule has 1 rings (SSSR count). The molecule has 18 heavy (non-hydrogen) atoms. The van der Waals surface area contributed by atoms with Gasteiger partial charge in [0.05, 0.1) is 25.1 Å². The molecular formula is C11H15BrClNO4. The Morgan fingerprint density at radius 1 is 1.50 bits per heavy atom. The molecule has 1 aromatic carbocycles. The highest BCUT2D eigenvalue weighted by Crippen LogP contribution is 2.36. The molecule has 0 saturated carbocycles. The quantitative estimate of drug-likeness (QED) is 0.821. The highest BCUT2D eigenvalue weighted by Gasteiger charge is 2.16. The highest BCUT2D eigenvalue weighted by molar-refractivity contribution is 9.10. The van der Waals surface area contributed by atoms with Crippen LogP contribution in [0.4, 0.5) is 0 Å². The van der Waals surface area contributed by atoms with Gasteiger partial charge in [0.15, 0.2) is 11.5 Å². The number of esters is 1. The van der Waals surface area contributed by atoms with Crippen LogP contribution < -0.4 is 10.5 Å². The molecule has 0 unspecified atom stereocenters. The van der Waals surface area contributed by atoms with Crippen LogP contribution in [0.15, 0.2) is 16.6 Å². The Bertz CT molecular complexity index is 428. The summed E-state index contributed by atoms with van der Waals surface area (Å²) in [5.41, 5.74) is 6.53. The second-order valence-electron chi connectivity index (χ2n) is 3.44. The summed E-state index contributed by atoms with van der Waals surface area (Å²) in [6, 6.07) is 2.73. The van der Waals surface area contributed by atoms with Gasteiger partial charge in [-0.15, -0.1) is 12.4 Å². The first-order valence-corrected chi connectivity index (χ1v) is 5.67. The summed E-state index contributed by atoms with van der Waals surface area (Å²) in [5, 5.41) is 9.63. The molecule has 0 aliphatic heterocycles. The van der Waals surface area contributed by atoms with Gasteiger partial charge in [-0.25, -0.2) is 0 Å². The van der Waals surface area contributed by atoms with Crippen molar-refractivity contribution in [2.45, 2.75) is 12.5 Å². The van der Waals surface area contributed by atoms with Crippen molar-refractivity contribution in [1.82, 2.24) is 0 Å². The topological polar surface area (TPSA) is 81.8 Å². The van der Waals surface area contributed by atoms with E-state index in [1.54, 1.807) is 12.1 Å². The second-order valence-corrected chi connectivity index (χ2v) is 4.29. The molecule has 0 spiro atoms. The lowest BCUT2D eigenvalue weighted by Gasteiger charge is -2.14. The average Bonchev–Trinajstić information content (AvgIpc) is 2.32. The summed E-state index contributed by atoms with van der Waals surface area (Å²) in [6.45, 7) is 0. The number of carbonyl (C=O) groups excluding carboxylic acids is 1. The Labute approximate surface area is 120 Å². The summed E-state index contributed by atoms with van der Waals surface area (Å²) in [7, 11) is 2.75. The minimum Gasteiger partial charge on any atom is -0.503 e. The van der Waals surface area contributed by atoms with Crippen LogP contribution in [-0.2, 0) is 9.53 Å². The van der Waals surface area contributed by atoms with Crippen LogP contribution in [0.5, 0.6) is 11.5 Å². The molecule has 0 saturated heterocycles. The Hall–Kier alpha value is -0.980. The molecule has 0 bridgehead atoms. The summed E-state index contributed by atoms with van der Waals surface area (Å²) in [5.74, 6) is -0.0862. The van der Waals surface area contributed by atoms with Gasteiger partial charge in [-0.1, -0.05) is 0 Å². The molecule has 1 atom stereocenters. The maximum Gasteiger partial charge on any atom is 0.307 e. The fourth-order valence-electron chi connectivity index (χ4n) is 1.34. The fraction of sp³-hybridized carbons (Fsp3) is 0.364. The van der Waals surface area contributed by atoms with Gasteiger partial charge in [0.25, 0.3) is 0 Å². The molecule has 102 valence electrons. The van der Waals surface area contributed by atoms with Crippen molar-refractivity contribution in [3.05, 3.63) is 22.2 Å². The number of phenolic OH excluding ortho intramolecular Hbond substituents is 1. The van der Waals surface area contributed by atoms with Crippen molar-refractivity contribution >= 4 is 34.3 Å². The predicted molar refractivity (Wildman–Crippen MR) is 73.2 cm³/mol. The number of phenols is 1. The van der Waals surface area contributed by atoms with E-state index >= 15 is 0 Å². The van der Waals surface area contributed by atoms with Crippen LogP contribution in [0.2, 0.25) is 0 Å². The third-order valence-corrected chi connectivity index (χ3v) is 2.92. The first-order chi connectivity index (χ1) is 7.99. The Morgan fingerprint density at radius 3 is 2.61 bits per heavy atom. The molecule has 0 radical (unpaired) electrons. The van der Waals surface area contributed by atoms with Gasteiger partial charge < -0.3 is 20.3 Å². The first-order valence-electron chi connectivity index (χ1n) is 4.88. The maximum atomic E-state index is 11.1. The average molecular weight is 341 g/mol. The predicted octanol–water partition coefficient (Wildman–Crippen LogP) is 2.15. The molecule has 0 aliphatic carbocycles. The molecule has 3 N–H and O–H groups in total. The Morgan fingerprint density at radius 2 is 2.11 bits per heavy atom. The fourth-order valence-corrected chi connectivity index (χ4v) is 1.80. The summed E-state index contributed by atoms with van der Waals surface area (Å²) >= 11 is 3.19. The van der Waals surface area contributed by atoms with Crippen LogP contribution in [-0.4, -0.2) is 25.3 Å². The number of ether oxygens (including phenoxy) is 2. The number of benzene rings is 1. The number of nitrogens with two attached hydrogens (primary N) is 1. The van der Waals surface area contributed by atoms with E-state index in [0.717, 1.165) is 0 Å². The number of aromatic hydroxyl groups is 1. The van der Waals surface area contributed by atoms with E-state index in [4.69, 9.17) is 10.5 Å². The second kappa shape index (κ2) is 7.45. The van der Waals surface area contributed by atoms with Crippen molar-refractivity contribution in [1.29, 1.82) is 0 Å². The number of halogens is 2. The number of carbonyl (C=O) groups is 1. The Kier molecular flexibility index (Phi) is 7.05. The van der Waals surface area contributed by atoms with Crippen LogP contribution in [0, 0.1) is 0 Å². The zero-order chi connectivity index (χ0) is 13.0. The smallest absolute Gasteiger partial charge is 0.307 e. The highest BCUT2D eigenvalue weighted by atomic mass is 79.9. The van der Waals surface area contributed by atoms with E-state index in [1.807, 2.05) is 0 Å². The van der Waals surface area contributed by atoms with Crippen molar-refractivity contribution in [2.75, 3.05) is 14.2 Å². The van der Waals surface area contributed by atoms with Crippen molar-refractivity contribution < 1.29 is 19.4 Å². The minimum absolute atomic E-state index is 0. The van der Waals surface area contributed by atoms with E-state index in [9.17, 15) is 9.90 Å². The normalized spacial score (nSPS) is 11.3. The van der Waals surface area contributed by atoms with Gasteiger partial charge in [0.2, 0.25) is 0 Å². The van der Waals surface area contributed by atoms with Crippen LogP contribution in [0.1, 0.15) is 18.0 Å². The zero-order valence-corrected chi connectivity index (χ0v) is 12.4. The zero-order valence-electron chi connectivity index (χ0n) is 9.97. The number of methoxy groups -OCH3 is 2. The SMILES string of the molecule is COC(=O)C[C@@H](N)c1cc(Br)c(O)c(OC)c1.Cl. The molecular weight excluding hydrogens is 325 g/mol. The van der Waals surface area contributed by atoms with E-state index in [1.165, 1.54) is 14.2 Å². The van der Waals surface area contributed by atoms with Crippen molar-refractivity contribution in [3.8, 4) is 11.5 Å². The lowest BCUT2D eigenvalue weighted by atomic mass is 10.0. The van der Waals surface area contributed by atoms with Crippen molar-refractivity contribution in [2.24, 2.45) is 5.73 Å².